The molecule has 0 N–H and O–H groups in total. The molecule has 1 aromatic heterocycles. The number of thiazole rings is 1. The number of amides is 1. The number of likely N-dealkylation sites (tertiary alicyclic amines) is 1. The summed E-state index contributed by atoms with van der Waals surface area (Å²) in [5, 5.41) is 3.17. The number of rotatable bonds is 5. The van der Waals surface area contributed by atoms with Crippen molar-refractivity contribution in [3.8, 4) is 16.3 Å². The summed E-state index contributed by atoms with van der Waals surface area (Å²) in [7, 11) is 5.35. The van der Waals surface area contributed by atoms with Crippen LogP contribution in [0.25, 0.3) is 10.6 Å². The molecule has 2 aromatic rings. The van der Waals surface area contributed by atoms with E-state index < -0.39 is 0 Å². The van der Waals surface area contributed by atoms with Crippen LogP contribution in [0.1, 0.15) is 18.5 Å². The van der Waals surface area contributed by atoms with Crippen molar-refractivity contribution in [2.45, 2.75) is 19.4 Å². The third-order valence-electron chi connectivity index (χ3n) is 4.65. The van der Waals surface area contributed by atoms with Crippen LogP contribution in [-0.4, -0.2) is 55.0 Å². The van der Waals surface area contributed by atoms with E-state index in [0.717, 1.165) is 54.5 Å². The van der Waals surface area contributed by atoms with Crippen molar-refractivity contribution >= 4 is 17.2 Å². The molecule has 0 bridgehead atoms. The van der Waals surface area contributed by atoms with Crippen molar-refractivity contribution in [2.75, 3.05) is 34.3 Å². The Hall–Kier alpha value is -1.92. The molecule has 1 aliphatic rings. The third-order valence-corrected chi connectivity index (χ3v) is 5.59. The van der Waals surface area contributed by atoms with Crippen molar-refractivity contribution in [1.29, 1.82) is 0 Å². The minimum atomic E-state index is 0.177. The molecule has 25 heavy (non-hydrogen) atoms. The van der Waals surface area contributed by atoms with Gasteiger partial charge in [0, 0.05) is 37.5 Å². The van der Waals surface area contributed by atoms with Crippen LogP contribution >= 0.6 is 11.3 Å². The Morgan fingerprint density at radius 1 is 1.28 bits per heavy atom. The van der Waals surface area contributed by atoms with Crippen LogP contribution in [0.2, 0.25) is 0 Å². The van der Waals surface area contributed by atoms with Gasteiger partial charge in [0.05, 0.1) is 12.8 Å². The number of ether oxygens (including phenoxy) is 1. The first-order chi connectivity index (χ1) is 12.1. The molecule has 3 rings (SSSR count). The number of carbonyl (C=O) groups excluding carboxylic acids is 1. The lowest BCUT2D eigenvalue weighted by Crippen LogP contribution is -2.39. The average Bonchev–Trinajstić information content (AvgIpc) is 3.10. The fraction of sp³-hybridized carbons (Fsp3) is 0.474. The van der Waals surface area contributed by atoms with Crippen molar-refractivity contribution in [3.05, 3.63) is 35.3 Å². The van der Waals surface area contributed by atoms with Crippen LogP contribution < -0.4 is 4.74 Å². The second-order valence-corrected chi connectivity index (χ2v) is 7.51. The second kappa shape index (κ2) is 7.97. The number of carbonyl (C=O) groups is 1. The Labute approximate surface area is 153 Å². The lowest BCUT2D eigenvalue weighted by Gasteiger charge is -2.31. The number of nitrogens with zero attached hydrogens (tertiary/aromatic N) is 3. The number of benzene rings is 1. The van der Waals surface area contributed by atoms with Crippen LogP contribution in [0.4, 0.5) is 0 Å². The van der Waals surface area contributed by atoms with Crippen molar-refractivity contribution in [3.63, 3.8) is 0 Å². The maximum absolute atomic E-state index is 12.1. The van der Waals surface area contributed by atoms with Crippen molar-refractivity contribution < 1.29 is 9.53 Å². The highest BCUT2D eigenvalue weighted by Crippen LogP contribution is 2.27. The van der Waals surface area contributed by atoms with Gasteiger partial charge in [0.2, 0.25) is 5.91 Å². The van der Waals surface area contributed by atoms with Gasteiger partial charge in [-0.05, 0) is 50.2 Å². The van der Waals surface area contributed by atoms with E-state index in [1.54, 1.807) is 23.3 Å². The Morgan fingerprint density at radius 3 is 2.56 bits per heavy atom. The number of piperidine rings is 1. The Balaban J connectivity index is 1.56. The van der Waals surface area contributed by atoms with Gasteiger partial charge < -0.3 is 9.64 Å². The number of aromatic nitrogens is 1. The summed E-state index contributed by atoms with van der Waals surface area (Å²) in [4.78, 5) is 20.9. The zero-order valence-corrected chi connectivity index (χ0v) is 15.9. The molecule has 0 saturated carbocycles. The van der Waals surface area contributed by atoms with Gasteiger partial charge in [0.15, 0.2) is 0 Å². The normalized spacial score (nSPS) is 16.0. The van der Waals surface area contributed by atoms with E-state index in [9.17, 15) is 4.79 Å². The maximum Gasteiger partial charge on any atom is 0.225 e. The van der Waals surface area contributed by atoms with Crippen LogP contribution in [0.5, 0.6) is 5.75 Å². The molecule has 1 aliphatic heterocycles. The number of methoxy groups -OCH3 is 1. The largest absolute Gasteiger partial charge is 0.497 e. The van der Waals surface area contributed by atoms with E-state index in [0.29, 0.717) is 0 Å². The van der Waals surface area contributed by atoms with Crippen LogP contribution in [0.3, 0.4) is 0 Å². The summed E-state index contributed by atoms with van der Waals surface area (Å²) in [5.74, 6) is 1.29. The molecule has 0 atom stereocenters. The monoisotopic (exact) mass is 359 g/mol. The third kappa shape index (κ3) is 4.38. The quantitative estimate of drug-likeness (QED) is 0.823. The van der Waals surface area contributed by atoms with Crippen LogP contribution in [0, 0.1) is 5.92 Å². The average molecular weight is 359 g/mol. The Bertz CT molecular complexity index is 704. The molecule has 1 amide bonds. The zero-order chi connectivity index (χ0) is 17.8. The predicted octanol–water partition coefficient (Wildman–Crippen LogP) is 3.12. The fourth-order valence-corrected chi connectivity index (χ4v) is 4.00. The standard InChI is InChI=1S/C19H25N3O2S/c1-21(2)19(23)15-8-10-22(11-9-15)12-16-13-25-18(20-16)14-4-6-17(24-3)7-5-14/h4-7,13,15H,8-12H2,1-3H3. The Morgan fingerprint density at radius 2 is 1.96 bits per heavy atom. The molecule has 1 aromatic carbocycles. The van der Waals surface area contributed by atoms with E-state index in [2.05, 4.69) is 10.3 Å². The van der Waals surface area contributed by atoms with Gasteiger partial charge in [-0.3, -0.25) is 9.69 Å². The van der Waals surface area contributed by atoms with Crippen molar-refractivity contribution in [2.24, 2.45) is 5.92 Å². The molecule has 0 aliphatic carbocycles. The molecular formula is C19H25N3O2S. The maximum atomic E-state index is 12.1. The first kappa shape index (κ1) is 17.9. The van der Waals surface area contributed by atoms with E-state index in [1.807, 2.05) is 38.4 Å². The summed E-state index contributed by atoms with van der Waals surface area (Å²) in [5.41, 5.74) is 2.22. The van der Waals surface area contributed by atoms with Crippen LogP contribution in [-0.2, 0) is 11.3 Å². The second-order valence-electron chi connectivity index (χ2n) is 6.66. The molecule has 6 heteroatoms. The summed E-state index contributed by atoms with van der Waals surface area (Å²) < 4.78 is 5.20. The summed E-state index contributed by atoms with van der Waals surface area (Å²) in [6.07, 6.45) is 1.87. The summed E-state index contributed by atoms with van der Waals surface area (Å²) >= 11 is 1.67. The molecule has 1 fully saturated rings. The van der Waals surface area contributed by atoms with Gasteiger partial charge in [-0.1, -0.05) is 0 Å². The van der Waals surface area contributed by atoms with Gasteiger partial charge in [-0.15, -0.1) is 11.3 Å². The highest BCUT2D eigenvalue weighted by Gasteiger charge is 2.26. The minimum absolute atomic E-state index is 0.177. The van der Waals surface area contributed by atoms with Crippen LogP contribution in [0.15, 0.2) is 29.6 Å². The SMILES string of the molecule is COc1ccc(-c2nc(CN3CCC(C(=O)N(C)C)CC3)cs2)cc1. The van der Waals surface area contributed by atoms with Gasteiger partial charge in [0.1, 0.15) is 10.8 Å². The van der Waals surface area contributed by atoms with Gasteiger partial charge >= 0.3 is 0 Å². The molecule has 0 radical (unpaired) electrons. The molecule has 0 unspecified atom stereocenters. The van der Waals surface area contributed by atoms with Gasteiger partial charge in [-0.25, -0.2) is 4.98 Å². The highest BCUT2D eigenvalue weighted by atomic mass is 32.1. The summed E-state index contributed by atoms with van der Waals surface area (Å²) in [6.45, 7) is 2.77. The Kier molecular flexibility index (Phi) is 5.71. The topological polar surface area (TPSA) is 45.7 Å². The lowest BCUT2D eigenvalue weighted by molar-refractivity contribution is -0.134. The number of hydrogen-bond donors (Lipinski definition) is 0. The smallest absolute Gasteiger partial charge is 0.225 e. The summed E-state index contributed by atoms with van der Waals surface area (Å²) in [6, 6.07) is 8.01. The fourth-order valence-electron chi connectivity index (χ4n) is 3.18. The molecular weight excluding hydrogens is 334 g/mol. The van der Waals surface area contributed by atoms with E-state index in [-0.39, 0.29) is 11.8 Å². The lowest BCUT2D eigenvalue weighted by atomic mass is 9.95. The molecule has 2 heterocycles. The number of hydrogen-bond acceptors (Lipinski definition) is 5. The highest BCUT2D eigenvalue weighted by molar-refractivity contribution is 7.13. The molecule has 0 spiro atoms. The minimum Gasteiger partial charge on any atom is -0.497 e. The predicted molar refractivity (Wildman–Crippen MR) is 101 cm³/mol. The first-order valence-electron chi connectivity index (χ1n) is 8.59. The molecule has 134 valence electrons. The van der Waals surface area contributed by atoms with Crippen molar-refractivity contribution in [1.82, 2.24) is 14.8 Å². The first-order valence-corrected chi connectivity index (χ1v) is 9.47. The van der Waals surface area contributed by atoms with E-state index in [4.69, 9.17) is 9.72 Å². The molecule has 5 nitrogen and oxygen atoms in total. The van der Waals surface area contributed by atoms with Gasteiger partial charge in [-0.2, -0.15) is 0 Å². The van der Waals surface area contributed by atoms with E-state index >= 15 is 0 Å². The van der Waals surface area contributed by atoms with E-state index in [1.165, 1.54) is 0 Å². The zero-order valence-electron chi connectivity index (χ0n) is 15.1. The van der Waals surface area contributed by atoms with Gasteiger partial charge in [0.25, 0.3) is 0 Å². The molecule has 1 saturated heterocycles.